The predicted octanol–water partition coefficient (Wildman–Crippen LogP) is 1.47. The van der Waals surface area contributed by atoms with E-state index < -0.39 is 0 Å². The van der Waals surface area contributed by atoms with Gasteiger partial charge in [-0.25, -0.2) is 0 Å². The summed E-state index contributed by atoms with van der Waals surface area (Å²) in [6.45, 7) is 4.13. The average Bonchev–Trinajstić information content (AvgIpc) is 2.37. The monoisotopic (exact) mass is 236 g/mol. The molecule has 1 rings (SSSR count). The van der Waals surface area contributed by atoms with Gasteiger partial charge in [0.1, 0.15) is 5.75 Å². The first-order valence-electron chi connectivity index (χ1n) is 5.73. The van der Waals surface area contributed by atoms with Gasteiger partial charge in [0.05, 0.1) is 13.2 Å². The minimum atomic E-state index is -0.157. The maximum atomic E-state index is 11.7. The van der Waals surface area contributed by atoms with Crippen molar-refractivity contribution in [3.63, 3.8) is 0 Å². The van der Waals surface area contributed by atoms with Crippen LogP contribution in [0.3, 0.4) is 0 Å². The van der Waals surface area contributed by atoms with Crippen molar-refractivity contribution < 1.29 is 9.53 Å². The molecule has 0 saturated heterocycles. The van der Waals surface area contributed by atoms with Crippen LogP contribution in [0.25, 0.3) is 0 Å². The Morgan fingerprint density at radius 2 is 1.94 bits per heavy atom. The molecule has 0 aliphatic heterocycles. The van der Waals surface area contributed by atoms with Crippen molar-refractivity contribution in [1.82, 2.24) is 5.32 Å². The number of methoxy groups -OCH3 is 1. The fraction of sp³-hybridized carbons (Fsp3) is 0.462. The van der Waals surface area contributed by atoms with Gasteiger partial charge in [0.25, 0.3) is 0 Å². The van der Waals surface area contributed by atoms with E-state index in [1.165, 1.54) is 0 Å². The number of hydrogen-bond donors (Lipinski definition) is 2. The second-order valence-corrected chi connectivity index (χ2v) is 4.14. The van der Waals surface area contributed by atoms with E-state index in [1.54, 1.807) is 7.11 Å². The predicted molar refractivity (Wildman–Crippen MR) is 67.8 cm³/mol. The number of carbonyl (C=O) groups excluding carboxylic acids is 1. The normalized spacial score (nSPS) is 13.9. The lowest BCUT2D eigenvalue weighted by molar-refractivity contribution is -0.124. The fourth-order valence-electron chi connectivity index (χ4n) is 1.44. The van der Waals surface area contributed by atoms with E-state index in [2.05, 4.69) is 5.32 Å². The van der Waals surface area contributed by atoms with Crippen LogP contribution >= 0.6 is 0 Å². The smallest absolute Gasteiger partial charge is 0.224 e. The van der Waals surface area contributed by atoms with Gasteiger partial charge in [-0.15, -0.1) is 0 Å². The van der Waals surface area contributed by atoms with Gasteiger partial charge in [-0.2, -0.15) is 0 Å². The van der Waals surface area contributed by atoms with Crippen molar-refractivity contribution >= 4 is 5.91 Å². The Labute approximate surface area is 102 Å². The summed E-state index contributed by atoms with van der Waals surface area (Å²) >= 11 is 0. The van der Waals surface area contributed by atoms with Crippen LogP contribution in [-0.2, 0) is 4.79 Å². The third-order valence-corrected chi connectivity index (χ3v) is 2.78. The second kappa shape index (κ2) is 6.25. The number of nitrogens with two attached hydrogens (primary N) is 1. The zero-order valence-electron chi connectivity index (χ0n) is 10.6. The molecule has 0 bridgehead atoms. The number of carbonyl (C=O) groups is 1. The third kappa shape index (κ3) is 3.75. The maximum Gasteiger partial charge on any atom is 0.224 e. The summed E-state index contributed by atoms with van der Waals surface area (Å²) in [5.74, 6) is 0.633. The first-order chi connectivity index (χ1) is 8.08. The first-order valence-corrected chi connectivity index (χ1v) is 5.73. The molecule has 0 aliphatic carbocycles. The number of hydrogen-bond acceptors (Lipinski definition) is 3. The molecule has 17 heavy (non-hydrogen) atoms. The third-order valence-electron chi connectivity index (χ3n) is 2.78. The highest BCUT2D eigenvalue weighted by Crippen LogP contribution is 2.17. The number of nitrogens with one attached hydrogen (secondary N) is 1. The molecule has 4 heteroatoms. The van der Waals surface area contributed by atoms with Crippen molar-refractivity contribution in [2.75, 3.05) is 13.7 Å². The second-order valence-electron chi connectivity index (χ2n) is 4.14. The van der Waals surface area contributed by atoms with Crippen LogP contribution in [0.2, 0.25) is 0 Å². The van der Waals surface area contributed by atoms with Gasteiger partial charge in [0.2, 0.25) is 5.91 Å². The maximum absolute atomic E-state index is 11.7. The summed E-state index contributed by atoms with van der Waals surface area (Å²) in [7, 11) is 1.63. The van der Waals surface area contributed by atoms with Crippen LogP contribution in [0.4, 0.5) is 0 Å². The van der Waals surface area contributed by atoms with E-state index in [0.717, 1.165) is 11.3 Å². The highest BCUT2D eigenvalue weighted by molar-refractivity contribution is 5.78. The Morgan fingerprint density at radius 1 is 1.35 bits per heavy atom. The molecular formula is C13H20N2O2. The standard InChI is InChI=1S/C13H20N2O2/c1-9(8-14)13(16)15-10(2)11-4-6-12(17-3)7-5-11/h4-7,9-10H,8,14H2,1-3H3,(H,15,16)/t9?,10-/m1/s1. The molecule has 4 nitrogen and oxygen atoms in total. The van der Waals surface area contributed by atoms with Crippen LogP contribution in [0.5, 0.6) is 5.75 Å². The fourth-order valence-corrected chi connectivity index (χ4v) is 1.44. The van der Waals surface area contributed by atoms with E-state index in [0.29, 0.717) is 6.54 Å². The van der Waals surface area contributed by atoms with E-state index in [1.807, 2.05) is 38.1 Å². The van der Waals surface area contributed by atoms with Gasteiger partial charge in [0, 0.05) is 12.5 Å². The molecule has 1 aromatic carbocycles. The molecule has 0 spiro atoms. The van der Waals surface area contributed by atoms with Crippen molar-refractivity contribution in [2.45, 2.75) is 19.9 Å². The van der Waals surface area contributed by atoms with Crippen molar-refractivity contribution in [3.8, 4) is 5.75 Å². The molecule has 0 saturated carbocycles. The molecule has 2 atom stereocenters. The molecule has 0 aliphatic rings. The van der Waals surface area contributed by atoms with E-state index in [9.17, 15) is 4.79 Å². The molecule has 1 amide bonds. The van der Waals surface area contributed by atoms with Gasteiger partial charge in [-0.3, -0.25) is 4.79 Å². The summed E-state index contributed by atoms with van der Waals surface area (Å²) in [6.07, 6.45) is 0. The van der Waals surface area contributed by atoms with Crippen LogP contribution in [0, 0.1) is 5.92 Å². The van der Waals surface area contributed by atoms with Crippen molar-refractivity contribution in [1.29, 1.82) is 0 Å². The number of benzene rings is 1. The van der Waals surface area contributed by atoms with Crippen LogP contribution in [0.1, 0.15) is 25.5 Å². The van der Waals surface area contributed by atoms with Crippen molar-refractivity contribution in [3.05, 3.63) is 29.8 Å². The lowest BCUT2D eigenvalue weighted by Crippen LogP contribution is -2.34. The molecule has 0 heterocycles. The zero-order chi connectivity index (χ0) is 12.8. The quantitative estimate of drug-likeness (QED) is 0.813. The van der Waals surface area contributed by atoms with Gasteiger partial charge in [-0.05, 0) is 24.6 Å². The number of ether oxygens (including phenoxy) is 1. The van der Waals surface area contributed by atoms with Gasteiger partial charge in [0.15, 0.2) is 0 Å². The zero-order valence-corrected chi connectivity index (χ0v) is 10.6. The van der Waals surface area contributed by atoms with Gasteiger partial charge >= 0.3 is 0 Å². The highest BCUT2D eigenvalue weighted by Gasteiger charge is 2.14. The average molecular weight is 236 g/mol. The Morgan fingerprint density at radius 3 is 2.41 bits per heavy atom. The molecule has 1 aromatic rings. The van der Waals surface area contributed by atoms with E-state index >= 15 is 0 Å². The Balaban J connectivity index is 2.63. The Bertz CT molecular complexity index is 362. The van der Waals surface area contributed by atoms with E-state index in [-0.39, 0.29) is 17.9 Å². The molecule has 0 aromatic heterocycles. The lowest BCUT2D eigenvalue weighted by Gasteiger charge is -2.17. The first kappa shape index (κ1) is 13.5. The van der Waals surface area contributed by atoms with Crippen LogP contribution < -0.4 is 15.8 Å². The molecule has 3 N–H and O–H groups in total. The number of amides is 1. The molecule has 94 valence electrons. The minimum Gasteiger partial charge on any atom is -0.497 e. The minimum absolute atomic E-state index is 0.0178. The lowest BCUT2D eigenvalue weighted by atomic mass is 10.1. The largest absolute Gasteiger partial charge is 0.497 e. The van der Waals surface area contributed by atoms with Crippen LogP contribution in [0.15, 0.2) is 24.3 Å². The van der Waals surface area contributed by atoms with Gasteiger partial charge < -0.3 is 15.8 Å². The Kier molecular flexibility index (Phi) is 4.97. The molecule has 1 unspecified atom stereocenters. The summed E-state index contributed by atoms with van der Waals surface area (Å²) in [6, 6.07) is 7.62. The SMILES string of the molecule is COc1ccc([C@@H](C)NC(=O)C(C)CN)cc1. The molecule has 0 radical (unpaired) electrons. The summed E-state index contributed by atoms with van der Waals surface area (Å²) in [5, 5.41) is 2.92. The molecule has 0 fully saturated rings. The Hall–Kier alpha value is -1.55. The summed E-state index contributed by atoms with van der Waals surface area (Å²) in [5.41, 5.74) is 6.49. The highest BCUT2D eigenvalue weighted by atomic mass is 16.5. The van der Waals surface area contributed by atoms with Crippen LogP contribution in [-0.4, -0.2) is 19.6 Å². The number of rotatable bonds is 5. The van der Waals surface area contributed by atoms with E-state index in [4.69, 9.17) is 10.5 Å². The van der Waals surface area contributed by atoms with Gasteiger partial charge in [-0.1, -0.05) is 19.1 Å². The topological polar surface area (TPSA) is 64.3 Å². The summed E-state index contributed by atoms with van der Waals surface area (Å²) in [4.78, 5) is 11.7. The molecular weight excluding hydrogens is 216 g/mol. The summed E-state index contributed by atoms with van der Waals surface area (Å²) < 4.78 is 5.08. The van der Waals surface area contributed by atoms with Crippen molar-refractivity contribution in [2.24, 2.45) is 11.7 Å².